The smallest absolute Gasteiger partial charge is 0.0614 e. The van der Waals surface area contributed by atoms with Crippen LogP contribution in [0.25, 0.3) is 20.5 Å². The maximum absolute atomic E-state index is 3.64. The van der Waals surface area contributed by atoms with Crippen molar-refractivity contribution in [1.29, 1.82) is 0 Å². The summed E-state index contributed by atoms with van der Waals surface area (Å²) in [4.78, 5) is 3.89. The first-order valence-corrected chi connectivity index (χ1v) is 9.18. The molecule has 0 unspecified atom stereocenters. The van der Waals surface area contributed by atoms with E-state index in [2.05, 4.69) is 78.1 Å². The van der Waals surface area contributed by atoms with E-state index < -0.39 is 0 Å². The lowest BCUT2D eigenvalue weighted by Gasteiger charge is -2.22. The summed E-state index contributed by atoms with van der Waals surface area (Å²) < 4.78 is 1.34. The van der Waals surface area contributed by atoms with Gasteiger partial charge in [0.25, 0.3) is 0 Å². The molecule has 23 heavy (non-hydrogen) atoms. The van der Waals surface area contributed by atoms with Crippen LogP contribution in [-0.2, 0) is 0 Å². The molecule has 0 amide bonds. The van der Waals surface area contributed by atoms with Gasteiger partial charge in [-0.25, -0.2) is 0 Å². The highest BCUT2D eigenvalue weighted by Crippen LogP contribution is 2.49. The Kier molecular flexibility index (Phi) is 2.96. The quantitative estimate of drug-likeness (QED) is 0.363. The Balaban J connectivity index is 1.68. The normalized spacial score (nSPS) is 12.5. The predicted octanol–water partition coefficient (Wildman–Crippen LogP) is 6.78. The SMILES string of the molecule is c1ccc2c(c1)Nc1c(cccc1-c1cc3ccccc3s1)S2. The van der Waals surface area contributed by atoms with E-state index in [0.717, 1.165) is 0 Å². The van der Waals surface area contributed by atoms with E-state index in [4.69, 9.17) is 0 Å². The number of rotatable bonds is 1. The molecule has 3 aromatic carbocycles. The number of fused-ring (bicyclic) bond motifs is 3. The third kappa shape index (κ3) is 2.16. The number of para-hydroxylation sites is 2. The maximum atomic E-state index is 3.64. The van der Waals surface area contributed by atoms with Gasteiger partial charge in [-0.3, -0.25) is 0 Å². The molecule has 1 aromatic heterocycles. The molecule has 0 aliphatic carbocycles. The Labute approximate surface area is 143 Å². The standard InChI is InChI=1S/C20H13NS2/c1-3-9-16-13(6-1)12-19(22-16)14-7-5-11-18-20(14)21-15-8-2-4-10-17(15)23-18/h1-12,21H. The van der Waals surface area contributed by atoms with Crippen LogP contribution in [0, 0.1) is 0 Å². The minimum absolute atomic E-state index is 1.19. The van der Waals surface area contributed by atoms with Crippen molar-refractivity contribution in [2.24, 2.45) is 0 Å². The third-order valence-corrected chi connectivity index (χ3v) is 6.37. The van der Waals surface area contributed by atoms with Crippen molar-refractivity contribution < 1.29 is 0 Å². The molecule has 110 valence electrons. The van der Waals surface area contributed by atoms with Crippen molar-refractivity contribution in [3.63, 3.8) is 0 Å². The summed E-state index contributed by atoms with van der Waals surface area (Å²) in [6, 6.07) is 25.9. The molecule has 0 atom stereocenters. The fourth-order valence-corrected chi connectivity index (χ4v) is 5.09. The second-order valence-corrected chi connectivity index (χ2v) is 7.72. The van der Waals surface area contributed by atoms with Gasteiger partial charge in [0, 0.05) is 24.9 Å². The van der Waals surface area contributed by atoms with Gasteiger partial charge in [-0.05, 0) is 35.7 Å². The summed E-state index contributed by atoms with van der Waals surface area (Å²) in [6.45, 7) is 0. The van der Waals surface area contributed by atoms with Gasteiger partial charge in [0.1, 0.15) is 0 Å². The molecule has 1 N–H and O–H groups in total. The molecule has 1 aliphatic heterocycles. The second kappa shape index (κ2) is 5.15. The molecule has 0 spiro atoms. The van der Waals surface area contributed by atoms with Crippen LogP contribution in [0.3, 0.4) is 0 Å². The summed E-state index contributed by atoms with van der Waals surface area (Å²) >= 11 is 3.70. The van der Waals surface area contributed by atoms with Crippen molar-refractivity contribution in [3.05, 3.63) is 72.8 Å². The molecule has 0 bridgehead atoms. The largest absolute Gasteiger partial charge is 0.353 e. The Hall–Kier alpha value is -2.23. The number of anilines is 2. The first-order chi connectivity index (χ1) is 11.4. The van der Waals surface area contributed by atoms with Crippen molar-refractivity contribution >= 4 is 44.6 Å². The maximum Gasteiger partial charge on any atom is 0.0614 e. The Morgan fingerprint density at radius 2 is 1.57 bits per heavy atom. The Bertz CT molecular complexity index is 1000. The summed E-state index contributed by atoms with van der Waals surface area (Å²) in [5, 5.41) is 4.95. The highest BCUT2D eigenvalue weighted by Gasteiger charge is 2.19. The van der Waals surface area contributed by atoms with Gasteiger partial charge < -0.3 is 5.32 Å². The second-order valence-electron chi connectivity index (χ2n) is 5.55. The van der Waals surface area contributed by atoms with E-state index in [1.165, 1.54) is 41.7 Å². The molecular formula is C20H13NS2. The van der Waals surface area contributed by atoms with Gasteiger partial charge in [-0.1, -0.05) is 54.2 Å². The molecular weight excluding hydrogens is 318 g/mol. The van der Waals surface area contributed by atoms with Crippen LogP contribution >= 0.6 is 23.1 Å². The van der Waals surface area contributed by atoms with E-state index in [9.17, 15) is 0 Å². The van der Waals surface area contributed by atoms with Crippen LogP contribution in [-0.4, -0.2) is 0 Å². The first kappa shape index (κ1) is 13.2. The zero-order chi connectivity index (χ0) is 15.2. The Morgan fingerprint density at radius 1 is 0.739 bits per heavy atom. The van der Waals surface area contributed by atoms with E-state index >= 15 is 0 Å². The van der Waals surface area contributed by atoms with Gasteiger partial charge in [0.15, 0.2) is 0 Å². The van der Waals surface area contributed by atoms with Gasteiger partial charge in [0.05, 0.1) is 11.4 Å². The van der Waals surface area contributed by atoms with Gasteiger partial charge in [-0.2, -0.15) is 0 Å². The lowest BCUT2D eigenvalue weighted by Crippen LogP contribution is -2.00. The predicted molar refractivity (Wildman–Crippen MR) is 101 cm³/mol. The number of hydrogen-bond acceptors (Lipinski definition) is 3. The molecule has 0 saturated heterocycles. The molecule has 0 saturated carbocycles. The summed E-state index contributed by atoms with van der Waals surface area (Å²) in [7, 11) is 0. The lowest BCUT2D eigenvalue weighted by molar-refractivity contribution is 1.32. The van der Waals surface area contributed by atoms with Crippen LogP contribution < -0.4 is 5.32 Å². The van der Waals surface area contributed by atoms with Crippen molar-refractivity contribution in [2.45, 2.75) is 9.79 Å². The molecule has 1 nitrogen and oxygen atoms in total. The van der Waals surface area contributed by atoms with E-state index in [-0.39, 0.29) is 0 Å². The number of hydrogen-bond donors (Lipinski definition) is 1. The summed E-state index contributed by atoms with van der Waals surface area (Å²) in [5.41, 5.74) is 3.70. The van der Waals surface area contributed by atoms with Crippen LogP contribution in [0.1, 0.15) is 0 Å². The van der Waals surface area contributed by atoms with Gasteiger partial charge in [-0.15, -0.1) is 11.3 Å². The average molecular weight is 331 g/mol. The third-order valence-electron chi connectivity index (χ3n) is 4.08. The van der Waals surface area contributed by atoms with Crippen molar-refractivity contribution in [1.82, 2.24) is 0 Å². The highest BCUT2D eigenvalue weighted by atomic mass is 32.2. The van der Waals surface area contributed by atoms with E-state index in [0.29, 0.717) is 0 Å². The van der Waals surface area contributed by atoms with Gasteiger partial charge in [0.2, 0.25) is 0 Å². The van der Waals surface area contributed by atoms with E-state index in [1.54, 1.807) is 0 Å². The summed E-state index contributed by atoms with van der Waals surface area (Å²) in [5.74, 6) is 0. The fourth-order valence-electron chi connectivity index (χ4n) is 2.98. The Morgan fingerprint density at radius 3 is 2.52 bits per heavy atom. The monoisotopic (exact) mass is 331 g/mol. The lowest BCUT2D eigenvalue weighted by atomic mass is 10.1. The first-order valence-electron chi connectivity index (χ1n) is 7.54. The van der Waals surface area contributed by atoms with Crippen LogP contribution in [0.5, 0.6) is 0 Å². The zero-order valence-electron chi connectivity index (χ0n) is 12.2. The van der Waals surface area contributed by atoms with Crippen LogP contribution in [0.15, 0.2) is 82.6 Å². The van der Waals surface area contributed by atoms with Crippen molar-refractivity contribution in [3.8, 4) is 10.4 Å². The molecule has 3 heteroatoms. The van der Waals surface area contributed by atoms with Crippen LogP contribution in [0.2, 0.25) is 0 Å². The fraction of sp³-hybridized carbons (Fsp3) is 0. The minimum Gasteiger partial charge on any atom is -0.353 e. The molecule has 2 heterocycles. The molecule has 0 radical (unpaired) electrons. The molecule has 5 rings (SSSR count). The molecule has 0 fully saturated rings. The number of nitrogens with one attached hydrogen (secondary N) is 1. The molecule has 1 aliphatic rings. The van der Waals surface area contributed by atoms with Crippen LogP contribution in [0.4, 0.5) is 11.4 Å². The van der Waals surface area contributed by atoms with E-state index in [1.807, 2.05) is 23.1 Å². The topological polar surface area (TPSA) is 12.0 Å². The number of thiophene rings is 1. The summed E-state index contributed by atoms with van der Waals surface area (Å²) in [6.07, 6.45) is 0. The number of benzene rings is 3. The minimum atomic E-state index is 1.19. The van der Waals surface area contributed by atoms with Gasteiger partial charge >= 0.3 is 0 Å². The average Bonchev–Trinajstić information content (AvgIpc) is 3.03. The van der Waals surface area contributed by atoms with Crippen molar-refractivity contribution in [2.75, 3.05) is 5.32 Å². The molecule has 4 aromatic rings. The zero-order valence-corrected chi connectivity index (χ0v) is 13.9. The highest BCUT2D eigenvalue weighted by molar-refractivity contribution is 7.99.